The molecule has 1 atom stereocenters. The van der Waals surface area contributed by atoms with E-state index in [2.05, 4.69) is 16.5 Å². The molecule has 1 aliphatic carbocycles. The summed E-state index contributed by atoms with van der Waals surface area (Å²) >= 11 is 1.75. The van der Waals surface area contributed by atoms with E-state index in [4.69, 9.17) is 5.11 Å². The van der Waals surface area contributed by atoms with Crippen LogP contribution in [0.25, 0.3) is 0 Å². The molecule has 1 aromatic carbocycles. The molecule has 2 heterocycles. The van der Waals surface area contributed by atoms with E-state index in [1.165, 1.54) is 15.4 Å². The lowest BCUT2D eigenvalue weighted by Crippen LogP contribution is -2.39. The molecule has 0 bridgehead atoms. The van der Waals surface area contributed by atoms with Gasteiger partial charge < -0.3 is 5.11 Å². The molecule has 122 valence electrons. The van der Waals surface area contributed by atoms with E-state index >= 15 is 0 Å². The summed E-state index contributed by atoms with van der Waals surface area (Å²) in [7, 11) is 0. The predicted molar refractivity (Wildman–Crippen MR) is 92.6 cm³/mol. The summed E-state index contributed by atoms with van der Waals surface area (Å²) in [5.41, 5.74) is 3.57. The minimum Gasteiger partial charge on any atom is -0.481 e. The van der Waals surface area contributed by atoms with Gasteiger partial charge in [-0.3, -0.25) is 9.59 Å². The Morgan fingerprint density at radius 2 is 2.08 bits per heavy atom. The molecule has 5 nitrogen and oxygen atoms in total. The van der Waals surface area contributed by atoms with Gasteiger partial charge in [-0.1, -0.05) is 12.1 Å². The van der Waals surface area contributed by atoms with Gasteiger partial charge in [0.05, 0.1) is 17.8 Å². The van der Waals surface area contributed by atoms with Gasteiger partial charge in [0.25, 0.3) is 0 Å². The Morgan fingerprint density at radius 1 is 1.29 bits per heavy atom. The standard InChI is InChI=1S/C18H16N2O3S/c21-16-10-12-3-6-15-14(7-8-24-15)18(12)19-20(16)13-4-1-11(2-5-13)9-17(22)23/h1-2,4-5,7-8,12H,3,6,9-10H2,(H,22,23). The van der Waals surface area contributed by atoms with Crippen molar-refractivity contribution in [1.82, 2.24) is 0 Å². The van der Waals surface area contributed by atoms with Gasteiger partial charge in [0.2, 0.25) is 5.91 Å². The van der Waals surface area contributed by atoms with E-state index in [0.29, 0.717) is 17.7 Å². The molecule has 1 N–H and O–H groups in total. The van der Waals surface area contributed by atoms with Crippen molar-refractivity contribution >= 4 is 34.6 Å². The Morgan fingerprint density at radius 3 is 2.83 bits per heavy atom. The second kappa shape index (κ2) is 5.87. The molecule has 0 radical (unpaired) electrons. The fraction of sp³-hybridized carbons (Fsp3) is 0.278. The van der Waals surface area contributed by atoms with Crippen LogP contribution in [0.2, 0.25) is 0 Å². The van der Waals surface area contributed by atoms with Crippen LogP contribution in [0.5, 0.6) is 0 Å². The van der Waals surface area contributed by atoms with Crippen LogP contribution in [0.3, 0.4) is 0 Å². The van der Waals surface area contributed by atoms with Crippen LogP contribution in [0.4, 0.5) is 5.69 Å². The normalized spacial score (nSPS) is 19.5. The number of aliphatic carboxylic acids is 1. The molecule has 2 aromatic rings. The Balaban J connectivity index is 1.67. The number of carbonyl (C=O) groups is 2. The lowest BCUT2D eigenvalue weighted by Gasteiger charge is -2.32. The van der Waals surface area contributed by atoms with Crippen LogP contribution in [0, 0.1) is 5.92 Å². The van der Waals surface area contributed by atoms with Gasteiger partial charge in [-0.05, 0) is 42.0 Å². The zero-order chi connectivity index (χ0) is 16.7. The number of hydrazone groups is 1. The molecule has 1 aromatic heterocycles. The minimum atomic E-state index is -0.868. The molecule has 2 aliphatic rings. The third-order valence-electron chi connectivity index (χ3n) is 4.53. The summed E-state index contributed by atoms with van der Waals surface area (Å²) in [6.45, 7) is 0. The number of rotatable bonds is 3. The van der Waals surface area contributed by atoms with Gasteiger partial charge in [0.15, 0.2) is 0 Å². The number of nitrogens with zero attached hydrogens (tertiary/aromatic N) is 2. The number of amides is 1. The zero-order valence-electron chi connectivity index (χ0n) is 12.9. The number of carboxylic acids is 1. The van der Waals surface area contributed by atoms with Crippen LogP contribution in [-0.2, 0) is 22.4 Å². The maximum Gasteiger partial charge on any atom is 0.307 e. The van der Waals surface area contributed by atoms with Gasteiger partial charge >= 0.3 is 5.97 Å². The van der Waals surface area contributed by atoms with Crippen molar-refractivity contribution in [2.45, 2.75) is 25.7 Å². The number of aryl methyl sites for hydroxylation is 1. The lowest BCUT2D eigenvalue weighted by atomic mass is 9.83. The summed E-state index contributed by atoms with van der Waals surface area (Å²) in [5.74, 6) is -0.664. The lowest BCUT2D eigenvalue weighted by molar-refractivity contribution is -0.136. The number of anilines is 1. The van der Waals surface area contributed by atoms with E-state index < -0.39 is 5.97 Å². The molecule has 4 rings (SSSR count). The van der Waals surface area contributed by atoms with Gasteiger partial charge in [-0.15, -0.1) is 11.3 Å². The minimum absolute atomic E-state index is 0.00610. The van der Waals surface area contributed by atoms with Crippen molar-refractivity contribution in [3.05, 3.63) is 51.7 Å². The summed E-state index contributed by atoms with van der Waals surface area (Å²) in [5, 5.41) is 17.0. The topological polar surface area (TPSA) is 70.0 Å². The molecule has 1 unspecified atom stereocenters. The van der Waals surface area contributed by atoms with Crippen molar-refractivity contribution in [3.63, 3.8) is 0 Å². The van der Waals surface area contributed by atoms with Gasteiger partial charge in [0.1, 0.15) is 0 Å². The highest BCUT2D eigenvalue weighted by Gasteiger charge is 2.34. The molecule has 24 heavy (non-hydrogen) atoms. The van der Waals surface area contributed by atoms with E-state index in [1.807, 2.05) is 0 Å². The van der Waals surface area contributed by atoms with Crippen LogP contribution >= 0.6 is 11.3 Å². The van der Waals surface area contributed by atoms with Crippen molar-refractivity contribution in [2.75, 3.05) is 5.01 Å². The Hall–Kier alpha value is -2.47. The zero-order valence-corrected chi connectivity index (χ0v) is 13.8. The smallest absolute Gasteiger partial charge is 0.307 e. The molecule has 0 fully saturated rings. The fourth-order valence-electron chi connectivity index (χ4n) is 3.35. The quantitative estimate of drug-likeness (QED) is 0.933. The third-order valence-corrected chi connectivity index (χ3v) is 5.51. The Kier molecular flexibility index (Phi) is 3.69. The summed E-state index contributed by atoms with van der Waals surface area (Å²) in [4.78, 5) is 24.6. The first-order valence-corrected chi connectivity index (χ1v) is 8.78. The monoisotopic (exact) mass is 340 g/mol. The average molecular weight is 340 g/mol. The largest absolute Gasteiger partial charge is 0.481 e. The van der Waals surface area contributed by atoms with E-state index in [0.717, 1.165) is 18.6 Å². The van der Waals surface area contributed by atoms with E-state index in [1.54, 1.807) is 35.6 Å². The van der Waals surface area contributed by atoms with Crippen LogP contribution in [0.1, 0.15) is 28.8 Å². The fourth-order valence-corrected chi connectivity index (χ4v) is 4.25. The molecular weight excluding hydrogens is 324 g/mol. The van der Waals surface area contributed by atoms with Crippen LogP contribution in [0.15, 0.2) is 40.8 Å². The van der Waals surface area contributed by atoms with Crippen molar-refractivity contribution < 1.29 is 14.7 Å². The predicted octanol–water partition coefficient (Wildman–Crippen LogP) is 3.08. The molecule has 1 amide bonds. The van der Waals surface area contributed by atoms with Crippen molar-refractivity contribution in [2.24, 2.45) is 11.0 Å². The number of benzene rings is 1. The summed E-state index contributed by atoms with van der Waals surface area (Å²) in [6.07, 6.45) is 2.45. The van der Waals surface area contributed by atoms with Crippen LogP contribution < -0.4 is 5.01 Å². The molecule has 1 aliphatic heterocycles. The Bertz CT molecular complexity index is 838. The average Bonchev–Trinajstić information content (AvgIpc) is 3.03. The van der Waals surface area contributed by atoms with Gasteiger partial charge in [0, 0.05) is 22.8 Å². The first-order valence-electron chi connectivity index (χ1n) is 7.91. The first kappa shape index (κ1) is 15.1. The number of thiophene rings is 1. The summed E-state index contributed by atoms with van der Waals surface area (Å²) in [6, 6.07) is 9.09. The summed E-state index contributed by atoms with van der Waals surface area (Å²) < 4.78 is 0. The second-order valence-corrected chi connectivity index (χ2v) is 7.13. The van der Waals surface area contributed by atoms with Crippen LogP contribution in [-0.4, -0.2) is 22.7 Å². The number of hydrogen-bond donors (Lipinski definition) is 1. The van der Waals surface area contributed by atoms with E-state index in [-0.39, 0.29) is 18.2 Å². The SMILES string of the molecule is O=C(O)Cc1ccc(N2N=C3c4ccsc4CCC3CC2=O)cc1. The molecule has 6 heteroatoms. The number of hydrogen-bond acceptors (Lipinski definition) is 4. The molecule has 0 spiro atoms. The Labute approximate surface area is 143 Å². The van der Waals surface area contributed by atoms with E-state index in [9.17, 15) is 9.59 Å². The van der Waals surface area contributed by atoms with Crippen molar-refractivity contribution in [1.29, 1.82) is 0 Å². The van der Waals surface area contributed by atoms with Gasteiger partial charge in [-0.2, -0.15) is 5.10 Å². The van der Waals surface area contributed by atoms with Gasteiger partial charge in [-0.25, -0.2) is 5.01 Å². The maximum absolute atomic E-state index is 12.5. The second-order valence-electron chi connectivity index (χ2n) is 6.12. The van der Waals surface area contributed by atoms with Crippen molar-refractivity contribution in [3.8, 4) is 0 Å². The first-order chi connectivity index (χ1) is 11.6. The molecule has 0 saturated heterocycles. The molecule has 0 saturated carbocycles. The number of carboxylic acid groups (broad SMARTS) is 1. The number of fused-ring (bicyclic) bond motifs is 3. The highest BCUT2D eigenvalue weighted by atomic mass is 32.1. The highest BCUT2D eigenvalue weighted by Crippen LogP contribution is 2.35. The highest BCUT2D eigenvalue weighted by molar-refractivity contribution is 7.10. The third kappa shape index (κ3) is 2.63. The molecular formula is C18H16N2O3S. The maximum atomic E-state index is 12.5. The number of carbonyl (C=O) groups excluding carboxylic acids is 1.